The zero-order chi connectivity index (χ0) is 13.8. The van der Waals surface area contributed by atoms with Gasteiger partial charge in [-0.25, -0.2) is 4.79 Å². The number of carbonyl (C=O) groups is 1. The first-order chi connectivity index (χ1) is 8.29. The predicted molar refractivity (Wildman–Crippen MR) is 55.1 cm³/mol. The topological polar surface area (TPSA) is 70.0 Å². The number of aliphatic carboxylic acids is 1. The van der Waals surface area contributed by atoms with E-state index >= 15 is 0 Å². The Bertz CT molecular complexity index is 277. The molecule has 5 nitrogen and oxygen atoms in total. The van der Waals surface area contributed by atoms with Crippen LogP contribution in [0.3, 0.4) is 0 Å². The first kappa shape index (κ1) is 15.2. The molecule has 0 bridgehead atoms. The molecule has 2 N–H and O–H groups in total. The van der Waals surface area contributed by atoms with Crippen molar-refractivity contribution in [3.63, 3.8) is 0 Å². The van der Waals surface area contributed by atoms with Crippen molar-refractivity contribution in [1.82, 2.24) is 4.90 Å². The van der Waals surface area contributed by atoms with E-state index in [-0.39, 0.29) is 6.10 Å². The second-order valence-electron chi connectivity index (χ2n) is 4.26. The number of carboxylic acids is 1. The van der Waals surface area contributed by atoms with E-state index in [1.807, 2.05) is 0 Å². The molecule has 1 heterocycles. The molecule has 0 aromatic carbocycles. The summed E-state index contributed by atoms with van der Waals surface area (Å²) in [6, 6.07) is 0. The number of carboxylic acid groups (broad SMARTS) is 1. The molecule has 18 heavy (non-hydrogen) atoms. The van der Waals surface area contributed by atoms with Crippen LogP contribution < -0.4 is 0 Å². The molecule has 1 aliphatic rings. The number of piperidine rings is 1. The van der Waals surface area contributed by atoms with Crippen molar-refractivity contribution in [3.8, 4) is 0 Å². The van der Waals surface area contributed by atoms with Crippen molar-refractivity contribution in [1.29, 1.82) is 0 Å². The van der Waals surface area contributed by atoms with Crippen LogP contribution >= 0.6 is 0 Å². The Labute approximate surface area is 102 Å². The monoisotopic (exact) mass is 271 g/mol. The first-order valence-electron chi connectivity index (χ1n) is 5.59. The van der Waals surface area contributed by atoms with Gasteiger partial charge < -0.3 is 19.8 Å². The third kappa shape index (κ3) is 5.19. The molecule has 1 unspecified atom stereocenters. The number of likely N-dealkylation sites (tertiary alicyclic amines) is 1. The molecular weight excluding hydrogens is 255 g/mol. The smallest absolute Gasteiger partial charge is 0.415 e. The van der Waals surface area contributed by atoms with Gasteiger partial charge in [0.1, 0.15) is 6.61 Å². The fraction of sp³-hybridized carbons (Fsp3) is 0.900. The average molecular weight is 271 g/mol. The predicted octanol–water partition coefficient (Wildman–Crippen LogP) is 0.475. The van der Waals surface area contributed by atoms with E-state index in [2.05, 4.69) is 0 Å². The third-order valence-electron chi connectivity index (χ3n) is 2.79. The van der Waals surface area contributed by atoms with E-state index in [4.69, 9.17) is 14.9 Å². The van der Waals surface area contributed by atoms with Gasteiger partial charge in [0.05, 0.1) is 6.10 Å². The van der Waals surface area contributed by atoms with Gasteiger partial charge in [-0.15, -0.1) is 0 Å². The highest BCUT2D eigenvalue weighted by Crippen LogP contribution is 2.22. The van der Waals surface area contributed by atoms with Gasteiger partial charge in [0, 0.05) is 19.6 Å². The molecule has 0 aromatic rings. The molecule has 1 fully saturated rings. The number of ether oxygens (including phenoxy) is 1. The Balaban J connectivity index is 2.25. The van der Waals surface area contributed by atoms with Gasteiger partial charge in [-0.05, 0) is 12.8 Å². The second-order valence-corrected chi connectivity index (χ2v) is 4.26. The maximum absolute atomic E-state index is 12.1. The number of hydrogen-bond donors (Lipinski definition) is 2. The molecule has 0 aliphatic carbocycles. The standard InChI is InChI=1S/C10H16F3NO4/c11-10(12,13)8(15)5-14-3-1-7(2-4-14)18-6-9(16)17/h7-8,15H,1-6H2,(H,16,17). The minimum absolute atomic E-state index is 0.236. The van der Waals surface area contributed by atoms with Crippen LogP contribution in [0.4, 0.5) is 13.2 Å². The highest BCUT2D eigenvalue weighted by Gasteiger charge is 2.39. The van der Waals surface area contributed by atoms with Gasteiger partial charge >= 0.3 is 12.1 Å². The van der Waals surface area contributed by atoms with Crippen LogP contribution in [0.1, 0.15) is 12.8 Å². The van der Waals surface area contributed by atoms with Crippen molar-refractivity contribution in [2.24, 2.45) is 0 Å². The molecule has 1 aliphatic heterocycles. The number of β-amino-alcohol motifs (C(OH)–C–C–N with tert-alkyl or cyclic N) is 1. The number of aliphatic hydroxyl groups is 1. The largest absolute Gasteiger partial charge is 0.480 e. The molecule has 1 rings (SSSR count). The summed E-state index contributed by atoms with van der Waals surface area (Å²) in [7, 11) is 0. The maximum Gasteiger partial charge on any atom is 0.415 e. The lowest BCUT2D eigenvalue weighted by molar-refractivity contribution is -0.209. The van der Waals surface area contributed by atoms with Crippen molar-refractivity contribution < 1.29 is 32.9 Å². The van der Waals surface area contributed by atoms with E-state index in [0.29, 0.717) is 25.9 Å². The molecule has 0 radical (unpaired) electrons. The van der Waals surface area contributed by atoms with Crippen LogP contribution in [0.15, 0.2) is 0 Å². The molecule has 0 spiro atoms. The Morgan fingerprint density at radius 2 is 1.94 bits per heavy atom. The van der Waals surface area contributed by atoms with E-state index in [1.165, 1.54) is 4.90 Å². The Hall–Kier alpha value is -0.860. The Morgan fingerprint density at radius 3 is 2.39 bits per heavy atom. The SMILES string of the molecule is O=C(O)COC1CCN(CC(O)C(F)(F)F)CC1. The van der Waals surface area contributed by atoms with Crippen molar-refractivity contribution in [2.45, 2.75) is 31.2 Å². The first-order valence-corrected chi connectivity index (χ1v) is 5.59. The molecule has 1 saturated heterocycles. The Kier molecular flexibility index (Phi) is 5.36. The van der Waals surface area contributed by atoms with Crippen LogP contribution in [0, 0.1) is 0 Å². The molecular formula is C10H16F3NO4. The zero-order valence-electron chi connectivity index (χ0n) is 9.69. The van der Waals surface area contributed by atoms with E-state index < -0.39 is 31.4 Å². The van der Waals surface area contributed by atoms with Gasteiger partial charge in [-0.3, -0.25) is 0 Å². The Morgan fingerprint density at radius 1 is 1.39 bits per heavy atom. The van der Waals surface area contributed by atoms with Crippen LogP contribution in [0.5, 0.6) is 0 Å². The van der Waals surface area contributed by atoms with Crippen LogP contribution in [-0.2, 0) is 9.53 Å². The molecule has 1 atom stereocenters. The summed E-state index contributed by atoms with van der Waals surface area (Å²) < 4.78 is 41.4. The average Bonchev–Trinajstić information content (AvgIpc) is 2.26. The third-order valence-corrected chi connectivity index (χ3v) is 2.79. The van der Waals surface area contributed by atoms with Gasteiger partial charge in [0.2, 0.25) is 0 Å². The number of rotatable bonds is 5. The summed E-state index contributed by atoms with van der Waals surface area (Å²) in [4.78, 5) is 11.8. The van der Waals surface area contributed by atoms with Gasteiger partial charge in [0.15, 0.2) is 6.10 Å². The van der Waals surface area contributed by atoms with Gasteiger partial charge in [-0.1, -0.05) is 0 Å². The van der Waals surface area contributed by atoms with Crippen molar-refractivity contribution in [2.75, 3.05) is 26.2 Å². The van der Waals surface area contributed by atoms with Crippen LogP contribution in [0.25, 0.3) is 0 Å². The van der Waals surface area contributed by atoms with E-state index in [1.54, 1.807) is 0 Å². The summed E-state index contributed by atoms with van der Waals surface area (Å²) in [6.07, 6.45) is -6.24. The van der Waals surface area contributed by atoms with Gasteiger partial charge in [-0.2, -0.15) is 13.2 Å². The number of hydrogen-bond acceptors (Lipinski definition) is 4. The fourth-order valence-electron chi connectivity index (χ4n) is 1.80. The van der Waals surface area contributed by atoms with E-state index in [0.717, 1.165) is 0 Å². The molecule has 0 saturated carbocycles. The molecule has 8 heteroatoms. The van der Waals surface area contributed by atoms with Gasteiger partial charge in [0.25, 0.3) is 0 Å². The quantitative estimate of drug-likeness (QED) is 0.761. The molecule has 0 amide bonds. The summed E-state index contributed by atoms with van der Waals surface area (Å²) >= 11 is 0. The van der Waals surface area contributed by atoms with Crippen molar-refractivity contribution >= 4 is 5.97 Å². The highest BCUT2D eigenvalue weighted by atomic mass is 19.4. The summed E-state index contributed by atoms with van der Waals surface area (Å²) in [5.41, 5.74) is 0. The normalized spacial score (nSPS) is 20.9. The van der Waals surface area contributed by atoms with Crippen molar-refractivity contribution in [3.05, 3.63) is 0 Å². The fourth-order valence-corrected chi connectivity index (χ4v) is 1.80. The van der Waals surface area contributed by atoms with Crippen LogP contribution in [-0.4, -0.2) is 65.7 Å². The second kappa shape index (κ2) is 6.35. The number of aliphatic hydroxyl groups excluding tert-OH is 1. The van der Waals surface area contributed by atoms with Crippen LogP contribution in [0.2, 0.25) is 0 Å². The minimum Gasteiger partial charge on any atom is -0.480 e. The number of nitrogens with zero attached hydrogens (tertiary/aromatic N) is 1. The number of alkyl halides is 3. The minimum atomic E-state index is -4.60. The highest BCUT2D eigenvalue weighted by molar-refractivity contribution is 5.68. The van der Waals surface area contributed by atoms with E-state index in [9.17, 15) is 18.0 Å². The zero-order valence-corrected chi connectivity index (χ0v) is 9.69. The lowest BCUT2D eigenvalue weighted by Crippen LogP contribution is -2.45. The summed E-state index contributed by atoms with van der Waals surface area (Å²) in [5, 5.41) is 17.3. The maximum atomic E-state index is 12.1. The lowest BCUT2D eigenvalue weighted by atomic mass is 10.1. The summed E-state index contributed by atoms with van der Waals surface area (Å²) in [5.74, 6) is -1.06. The number of halogens is 3. The molecule has 0 aromatic heterocycles. The molecule has 106 valence electrons. The lowest BCUT2D eigenvalue weighted by Gasteiger charge is -2.33. The summed E-state index contributed by atoms with van der Waals surface area (Å²) in [6.45, 7) is -0.125.